The van der Waals surface area contributed by atoms with Crippen LogP contribution < -0.4 is 0 Å². The van der Waals surface area contributed by atoms with Crippen LogP contribution in [0.3, 0.4) is 0 Å². The van der Waals surface area contributed by atoms with Gasteiger partial charge in [0.05, 0.1) is 10.6 Å². The van der Waals surface area contributed by atoms with Gasteiger partial charge in [-0.3, -0.25) is 0 Å². The molecule has 1 aromatic carbocycles. The molecule has 3 nitrogen and oxygen atoms in total. The fourth-order valence-corrected chi connectivity index (χ4v) is 2.40. The number of rotatable bonds is 2. The summed E-state index contributed by atoms with van der Waals surface area (Å²) < 4.78 is 38.0. The van der Waals surface area contributed by atoms with Gasteiger partial charge in [0.15, 0.2) is 5.69 Å². The van der Waals surface area contributed by atoms with Crippen molar-refractivity contribution in [1.82, 2.24) is 4.98 Å². The van der Waals surface area contributed by atoms with Crippen LogP contribution in [-0.2, 0) is 6.18 Å². The minimum absolute atomic E-state index is 0.175. The zero-order valence-corrected chi connectivity index (χ0v) is 10.6. The number of hydrogen-bond acceptors (Lipinski definition) is 3. The summed E-state index contributed by atoms with van der Waals surface area (Å²) in [6.07, 6.45) is -4.57. The lowest BCUT2D eigenvalue weighted by molar-refractivity contribution is -0.137. The van der Waals surface area contributed by atoms with Gasteiger partial charge in [-0.05, 0) is 12.1 Å². The molecule has 0 aliphatic carbocycles. The van der Waals surface area contributed by atoms with E-state index in [9.17, 15) is 18.0 Å². The number of carboxylic acid groups (broad SMARTS) is 1. The number of hydrogen-bond donors (Lipinski definition) is 1. The summed E-state index contributed by atoms with van der Waals surface area (Å²) in [5.74, 6) is -1.23. The van der Waals surface area contributed by atoms with Crippen molar-refractivity contribution >= 4 is 28.9 Å². The Kier molecular flexibility index (Phi) is 3.51. The average molecular weight is 308 g/mol. The topological polar surface area (TPSA) is 50.2 Å². The molecule has 0 spiro atoms. The summed E-state index contributed by atoms with van der Waals surface area (Å²) in [5.41, 5.74) is -1.00. The van der Waals surface area contributed by atoms with E-state index >= 15 is 0 Å². The molecule has 0 saturated heterocycles. The van der Waals surface area contributed by atoms with Crippen molar-refractivity contribution in [3.63, 3.8) is 0 Å². The van der Waals surface area contributed by atoms with Crippen LogP contribution in [0.1, 0.15) is 16.1 Å². The van der Waals surface area contributed by atoms with E-state index in [-0.39, 0.29) is 16.3 Å². The van der Waals surface area contributed by atoms with Crippen molar-refractivity contribution in [3.8, 4) is 10.6 Å². The maximum atomic E-state index is 12.7. The van der Waals surface area contributed by atoms with Gasteiger partial charge in [-0.25, -0.2) is 9.78 Å². The zero-order valence-electron chi connectivity index (χ0n) is 9.03. The normalized spacial score (nSPS) is 11.6. The Bertz CT molecular complexity index is 639. The van der Waals surface area contributed by atoms with Gasteiger partial charge >= 0.3 is 12.1 Å². The van der Waals surface area contributed by atoms with Crippen LogP contribution >= 0.6 is 22.9 Å². The predicted octanol–water partition coefficient (Wildman–Crippen LogP) is 4.18. The number of halogens is 4. The fourth-order valence-electron chi connectivity index (χ4n) is 1.38. The fraction of sp³-hybridized carbons (Fsp3) is 0.0909. The summed E-state index contributed by atoms with van der Waals surface area (Å²) in [6.45, 7) is 0. The second kappa shape index (κ2) is 4.82. The Hall–Kier alpha value is -1.60. The first-order valence-corrected chi connectivity index (χ1v) is 6.11. The minimum Gasteiger partial charge on any atom is -0.476 e. The van der Waals surface area contributed by atoms with Crippen molar-refractivity contribution in [3.05, 3.63) is 39.9 Å². The van der Waals surface area contributed by atoms with Crippen molar-refractivity contribution in [1.29, 1.82) is 0 Å². The Labute approximate surface area is 114 Å². The molecule has 0 bridgehead atoms. The molecule has 1 heterocycles. The lowest BCUT2D eigenvalue weighted by Crippen LogP contribution is -2.05. The molecule has 0 saturated carbocycles. The molecular weight excluding hydrogens is 303 g/mol. The average Bonchev–Trinajstić information content (AvgIpc) is 2.77. The number of thiazole rings is 1. The number of carbonyl (C=O) groups is 1. The Balaban J connectivity index is 2.48. The van der Waals surface area contributed by atoms with Crippen LogP contribution in [0.25, 0.3) is 10.6 Å². The number of nitrogens with zero attached hydrogens (tertiary/aromatic N) is 1. The van der Waals surface area contributed by atoms with Gasteiger partial charge in [-0.15, -0.1) is 11.3 Å². The molecule has 8 heteroatoms. The SMILES string of the molecule is O=C(O)c1csc(-c2ccc(Cl)c(C(F)(F)F)c2)n1. The summed E-state index contributed by atoms with van der Waals surface area (Å²) >= 11 is 6.45. The first kappa shape index (κ1) is 13.8. The molecule has 0 aliphatic heterocycles. The van der Waals surface area contributed by atoms with Crippen LogP contribution in [0, 0.1) is 0 Å². The minimum atomic E-state index is -4.57. The van der Waals surface area contributed by atoms with Crippen molar-refractivity contribution in [2.75, 3.05) is 0 Å². The molecule has 0 unspecified atom stereocenters. The lowest BCUT2D eigenvalue weighted by atomic mass is 10.1. The molecule has 0 atom stereocenters. The Morgan fingerprint density at radius 1 is 1.37 bits per heavy atom. The lowest BCUT2D eigenvalue weighted by Gasteiger charge is -2.09. The van der Waals surface area contributed by atoms with Gasteiger partial charge in [-0.2, -0.15) is 13.2 Å². The molecule has 1 N–H and O–H groups in total. The van der Waals surface area contributed by atoms with E-state index in [4.69, 9.17) is 16.7 Å². The van der Waals surface area contributed by atoms with Gasteiger partial charge in [0, 0.05) is 10.9 Å². The Morgan fingerprint density at radius 2 is 2.05 bits per heavy atom. The van der Waals surface area contributed by atoms with E-state index in [0.29, 0.717) is 0 Å². The van der Waals surface area contributed by atoms with E-state index in [1.54, 1.807) is 0 Å². The summed E-state index contributed by atoms with van der Waals surface area (Å²) in [5, 5.41) is 9.76. The smallest absolute Gasteiger partial charge is 0.417 e. The number of benzene rings is 1. The first-order valence-electron chi connectivity index (χ1n) is 4.85. The third-order valence-corrected chi connectivity index (χ3v) is 3.46. The monoisotopic (exact) mass is 307 g/mol. The molecule has 19 heavy (non-hydrogen) atoms. The van der Waals surface area contributed by atoms with Gasteiger partial charge < -0.3 is 5.11 Å². The van der Waals surface area contributed by atoms with Crippen LogP contribution in [0.2, 0.25) is 5.02 Å². The maximum absolute atomic E-state index is 12.7. The van der Waals surface area contributed by atoms with Gasteiger partial charge in [0.2, 0.25) is 0 Å². The van der Waals surface area contributed by atoms with Crippen LogP contribution in [0.4, 0.5) is 13.2 Å². The number of carboxylic acids is 1. The van der Waals surface area contributed by atoms with Crippen molar-refractivity contribution < 1.29 is 23.1 Å². The molecule has 0 radical (unpaired) electrons. The van der Waals surface area contributed by atoms with E-state index in [2.05, 4.69) is 4.98 Å². The molecule has 0 fully saturated rings. The summed E-state index contributed by atoms with van der Waals surface area (Å²) in [7, 11) is 0. The molecular formula is C11H5ClF3NO2S. The summed E-state index contributed by atoms with van der Waals surface area (Å²) in [4.78, 5) is 14.4. The molecule has 0 aliphatic rings. The quantitative estimate of drug-likeness (QED) is 0.905. The summed E-state index contributed by atoms with van der Waals surface area (Å²) in [6, 6.07) is 3.33. The Morgan fingerprint density at radius 3 is 2.58 bits per heavy atom. The number of aromatic carboxylic acids is 1. The van der Waals surface area contributed by atoms with E-state index < -0.39 is 22.7 Å². The predicted molar refractivity (Wildman–Crippen MR) is 64.5 cm³/mol. The van der Waals surface area contributed by atoms with E-state index in [0.717, 1.165) is 23.5 Å². The van der Waals surface area contributed by atoms with Crippen molar-refractivity contribution in [2.45, 2.75) is 6.18 Å². The van der Waals surface area contributed by atoms with E-state index in [1.165, 1.54) is 11.4 Å². The first-order chi connectivity index (χ1) is 8.79. The molecule has 100 valence electrons. The number of aromatic nitrogens is 1. The second-order valence-electron chi connectivity index (χ2n) is 3.54. The highest BCUT2D eigenvalue weighted by atomic mass is 35.5. The highest BCUT2D eigenvalue weighted by molar-refractivity contribution is 7.13. The zero-order chi connectivity index (χ0) is 14.2. The molecule has 2 aromatic rings. The molecule has 1 aromatic heterocycles. The van der Waals surface area contributed by atoms with Crippen molar-refractivity contribution in [2.24, 2.45) is 0 Å². The van der Waals surface area contributed by atoms with E-state index in [1.807, 2.05) is 0 Å². The third kappa shape index (κ3) is 2.87. The number of alkyl halides is 3. The van der Waals surface area contributed by atoms with Gasteiger partial charge in [0.1, 0.15) is 5.01 Å². The largest absolute Gasteiger partial charge is 0.476 e. The highest BCUT2D eigenvalue weighted by Gasteiger charge is 2.33. The van der Waals surface area contributed by atoms with Crippen LogP contribution in [0.15, 0.2) is 23.6 Å². The molecule has 2 rings (SSSR count). The third-order valence-electron chi connectivity index (χ3n) is 2.24. The van der Waals surface area contributed by atoms with Crippen LogP contribution in [-0.4, -0.2) is 16.1 Å². The maximum Gasteiger partial charge on any atom is 0.417 e. The second-order valence-corrected chi connectivity index (χ2v) is 4.80. The van der Waals surface area contributed by atoms with Crippen LogP contribution in [0.5, 0.6) is 0 Å². The van der Waals surface area contributed by atoms with Gasteiger partial charge in [0.25, 0.3) is 0 Å². The van der Waals surface area contributed by atoms with Gasteiger partial charge in [-0.1, -0.05) is 17.7 Å². The highest BCUT2D eigenvalue weighted by Crippen LogP contribution is 2.37. The molecule has 0 amide bonds. The standard InChI is InChI=1S/C11H5ClF3NO2S/c12-7-2-1-5(3-6(7)11(13,14)15)9-16-8(4-19-9)10(17)18/h1-4H,(H,17,18).